The first kappa shape index (κ1) is 15.9. The Morgan fingerprint density at radius 2 is 2.00 bits per heavy atom. The molecule has 1 aromatic carbocycles. The summed E-state index contributed by atoms with van der Waals surface area (Å²) < 4.78 is 5.70. The average molecular weight is 280 g/mol. The summed E-state index contributed by atoms with van der Waals surface area (Å²) in [6, 6.07) is 8.13. The number of benzene rings is 1. The maximum absolute atomic E-state index is 9.25. The average Bonchev–Trinajstić information content (AvgIpc) is 2.44. The fraction of sp³-hybridized carbons (Fsp3) is 0.562. The molecule has 0 bridgehead atoms. The van der Waals surface area contributed by atoms with Crippen molar-refractivity contribution in [1.29, 1.82) is 5.26 Å². The summed E-state index contributed by atoms with van der Waals surface area (Å²) in [6.45, 7) is 6.76. The van der Waals surface area contributed by atoms with Gasteiger partial charge in [-0.3, -0.25) is 0 Å². The highest BCUT2D eigenvalue weighted by molar-refractivity contribution is 6.31. The molecule has 0 saturated carbocycles. The van der Waals surface area contributed by atoms with Crippen LogP contribution in [-0.2, 0) is 0 Å². The number of halogens is 1. The van der Waals surface area contributed by atoms with E-state index in [1.807, 2.05) is 25.1 Å². The van der Waals surface area contributed by atoms with E-state index >= 15 is 0 Å². The van der Waals surface area contributed by atoms with Crippen molar-refractivity contribution >= 4 is 11.6 Å². The molecule has 1 rings (SSSR count). The van der Waals surface area contributed by atoms with Crippen LogP contribution < -0.4 is 4.74 Å². The number of rotatable bonds is 7. The van der Waals surface area contributed by atoms with Crippen LogP contribution in [-0.4, -0.2) is 6.61 Å². The Labute approximate surface area is 121 Å². The Morgan fingerprint density at radius 3 is 2.53 bits per heavy atom. The van der Waals surface area contributed by atoms with E-state index in [1.54, 1.807) is 0 Å². The quantitative estimate of drug-likeness (QED) is 0.648. The van der Waals surface area contributed by atoms with Gasteiger partial charge in [-0.05, 0) is 56.4 Å². The van der Waals surface area contributed by atoms with E-state index in [2.05, 4.69) is 19.9 Å². The molecule has 0 unspecified atom stereocenters. The lowest BCUT2D eigenvalue weighted by Gasteiger charge is -2.23. The lowest BCUT2D eigenvalue weighted by Crippen LogP contribution is -2.17. The first-order chi connectivity index (χ1) is 9.06. The van der Waals surface area contributed by atoms with Crippen LogP contribution in [0.25, 0.3) is 0 Å². The molecule has 0 aliphatic heterocycles. The third-order valence-electron chi connectivity index (χ3n) is 3.79. The fourth-order valence-electron chi connectivity index (χ4n) is 2.13. The molecule has 0 aliphatic carbocycles. The molecule has 0 spiro atoms. The van der Waals surface area contributed by atoms with Gasteiger partial charge < -0.3 is 4.74 Å². The Hall–Kier alpha value is -1.20. The molecule has 0 aromatic heterocycles. The molecule has 0 atom stereocenters. The zero-order chi connectivity index (χ0) is 14.3. The van der Waals surface area contributed by atoms with Crippen LogP contribution in [0.15, 0.2) is 18.2 Å². The molecular weight excluding hydrogens is 258 g/mol. The molecule has 0 radical (unpaired) electrons. The largest absolute Gasteiger partial charge is 0.494 e. The number of hydrogen-bond donors (Lipinski definition) is 0. The molecule has 2 nitrogen and oxygen atoms in total. The monoisotopic (exact) mass is 279 g/mol. The van der Waals surface area contributed by atoms with E-state index in [0.717, 1.165) is 42.0 Å². The van der Waals surface area contributed by atoms with Crippen molar-refractivity contribution in [2.45, 2.75) is 46.5 Å². The molecule has 0 saturated heterocycles. The predicted octanol–water partition coefficient (Wildman–Crippen LogP) is 5.14. The zero-order valence-corrected chi connectivity index (χ0v) is 12.8. The summed E-state index contributed by atoms with van der Waals surface area (Å²) in [4.78, 5) is 0. The van der Waals surface area contributed by atoms with Crippen LogP contribution in [0.4, 0.5) is 0 Å². The lowest BCUT2D eigenvalue weighted by molar-refractivity contribution is 0.259. The third-order valence-corrected chi connectivity index (χ3v) is 4.21. The maximum atomic E-state index is 9.25. The molecule has 0 amide bonds. The van der Waals surface area contributed by atoms with Gasteiger partial charge in [0.25, 0.3) is 0 Å². The first-order valence-electron chi connectivity index (χ1n) is 6.87. The Balaban J connectivity index is 2.42. The van der Waals surface area contributed by atoms with Gasteiger partial charge >= 0.3 is 0 Å². The second-order valence-corrected chi connectivity index (χ2v) is 5.37. The maximum Gasteiger partial charge on any atom is 0.119 e. The normalized spacial score (nSPS) is 11.1. The van der Waals surface area contributed by atoms with E-state index in [9.17, 15) is 5.26 Å². The van der Waals surface area contributed by atoms with E-state index in [1.165, 1.54) is 0 Å². The van der Waals surface area contributed by atoms with Crippen molar-refractivity contribution in [3.05, 3.63) is 28.8 Å². The lowest BCUT2D eigenvalue weighted by atomic mass is 9.80. The smallest absolute Gasteiger partial charge is 0.119 e. The molecule has 0 aliphatic rings. The van der Waals surface area contributed by atoms with E-state index < -0.39 is 0 Å². The second-order valence-electron chi connectivity index (χ2n) is 4.96. The predicted molar refractivity (Wildman–Crippen MR) is 79.5 cm³/mol. The summed E-state index contributed by atoms with van der Waals surface area (Å²) in [5, 5.41) is 10.0. The highest BCUT2D eigenvalue weighted by Crippen LogP contribution is 2.31. The Kier molecular flexibility index (Phi) is 6.18. The summed E-state index contributed by atoms with van der Waals surface area (Å²) in [5.41, 5.74) is 0.840. The van der Waals surface area contributed by atoms with E-state index in [0.29, 0.717) is 6.61 Å². The number of aryl methyl sites for hydroxylation is 1. The first-order valence-corrected chi connectivity index (χ1v) is 7.25. The molecular formula is C16H22ClNO. The van der Waals surface area contributed by atoms with Crippen molar-refractivity contribution in [3.63, 3.8) is 0 Å². The Morgan fingerprint density at radius 1 is 1.32 bits per heavy atom. The number of hydrogen-bond acceptors (Lipinski definition) is 2. The van der Waals surface area contributed by atoms with Crippen LogP contribution in [0.5, 0.6) is 5.75 Å². The van der Waals surface area contributed by atoms with Gasteiger partial charge in [0.15, 0.2) is 0 Å². The summed E-state index contributed by atoms with van der Waals surface area (Å²) in [7, 11) is 0. The van der Waals surface area contributed by atoms with Crippen LogP contribution >= 0.6 is 11.6 Å². The van der Waals surface area contributed by atoms with Crippen molar-refractivity contribution in [3.8, 4) is 11.8 Å². The van der Waals surface area contributed by atoms with Crippen molar-refractivity contribution in [1.82, 2.24) is 0 Å². The molecule has 0 N–H and O–H groups in total. The minimum Gasteiger partial charge on any atom is -0.494 e. The van der Waals surface area contributed by atoms with Gasteiger partial charge in [-0.1, -0.05) is 25.4 Å². The summed E-state index contributed by atoms with van der Waals surface area (Å²) >= 11 is 5.97. The van der Waals surface area contributed by atoms with Gasteiger partial charge in [0.2, 0.25) is 0 Å². The molecule has 104 valence electrons. The van der Waals surface area contributed by atoms with Crippen LogP contribution in [0.3, 0.4) is 0 Å². The number of nitriles is 1. The van der Waals surface area contributed by atoms with Crippen molar-refractivity contribution in [2.75, 3.05) is 6.61 Å². The second kappa shape index (κ2) is 7.40. The van der Waals surface area contributed by atoms with Gasteiger partial charge in [0, 0.05) is 5.02 Å². The molecule has 3 heteroatoms. The van der Waals surface area contributed by atoms with Gasteiger partial charge in [-0.25, -0.2) is 0 Å². The number of ether oxygens (including phenoxy) is 1. The van der Waals surface area contributed by atoms with Crippen molar-refractivity contribution < 1.29 is 4.74 Å². The van der Waals surface area contributed by atoms with Gasteiger partial charge in [0.1, 0.15) is 5.75 Å². The van der Waals surface area contributed by atoms with E-state index in [-0.39, 0.29) is 5.41 Å². The van der Waals surface area contributed by atoms with Gasteiger partial charge in [-0.15, -0.1) is 0 Å². The highest BCUT2D eigenvalue weighted by atomic mass is 35.5. The van der Waals surface area contributed by atoms with Crippen molar-refractivity contribution in [2.24, 2.45) is 5.41 Å². The molecule has 1 aromatic rings. The molecule has 0 heterocycles. The topological polar surface area (TPSA) is 33.0 Å². The minimum absolute atomic E-state index is 0.181. The van der Waals surface area contributed by atoms with Crippen LogP contribution in [0.1, 0.15) is 45.1 Å². The SMILES string of the molecule is CCC(C#N)(CC)CCCOc1ccc(Cl)c(C)c1. The summed E-state index contributed by atoms with van der Waals surface area (Å²) in [5.74, 6) is 0.845. The fourth-order valence-corrected chi connectivity index (χ4v) is 2.24. The Bertz CT molecular complexity index is 447. The standard InChI is InChI=1S/C16H22ClNO/c1-4-16(5-2,12-18)9-6-10-19-14-7-8-15(17)13(3)11-14/h7-8,11H,4-6,9-10H2,1-3H3. The van der Waals surface area contributed by atoms with Crippen LogP contribution in [0, 0.1) is 23.7 Å². The van der Waals surface area contributed by atoms with E-state index in [4.69, 9.17) is 16.3 Å². The van der Waals surface area contributed by atoms with Crippen LogP contribution in [0.2, 0.25) is 5.02 Å². The van der Waals surface area contributed by atoms with Gasteiger partial charge in [-0.2, -0.15) is 5.26 Å². The molecule has 19 heavy (non-hydrogen) atoms. The number of nitrogens with zero attached hydrogens (tertiary/aromatic N) is 1. The van der Waals surface area contributed by atoms with Gasteiger partial charge in [0.05, 0.1) is 18.1 Å². The highest BCUT2D eigenvalue weighted by Gasteiger charge is 2.24. The minimum atomic E-state index is -0.181. The third kappa shape index (κ3) is 4.44. The molecule has 0 fully saturated rings. The zero-order valence-electron chi connectivity index (χ0n) is 12.0. The summed E-state index contributed by atoms with van der Waals surface area (Å²) in [6.07, 6.45) is 3.60.